The average molecular weight is 253 g/mol. The van der Waals surface area contributed by atoms with Crippen LogP contribution in [0.25, 0.3) is 0 Å². The van der Waals surface area contributed by atoms with Gasteiger partial charge in [-0.05, 0) is 19.3 Å². The highest BCUT2D eigenvalue weighted by molar-refractivity contribution is 5.69. The summed E-state index contributed by atoms with van der Waals surface area (Å²) in [4.78, 5) is 17.0. The van der Waals surface area contributed by atoms with Gasteiger partial charge in [-0.2, -0.15) is 4.98 Å². The molecule has 0 spiro atoms. The molecule has 100 valence electrons. The predicted molar refractivity (Wildman–Crippen MR) is 64.0 cm³/mol. The van der Waals surface area contributed by atoms with E-state index in [9.17, 15) is 4.79 Å². The number of hydrogen-bond acceptors (Lipinski definition) is 5. The first-order chi connectivity index (χ1) is 8.69. The van der Waals surface area contributed by atoms with Gasteiger partial charge in [0.2, 0.25) is 5.89 Å². The first kappa shape index (κ1) is 13.0. The van der Waals surface area contributed by atoms with Crippen molar-refractivity contribution in [3.8, 4) is 0 Å². The van der Waals surface area contributed by atoms with E-state index in [2.05, 4.69) is 17.1 Å². The molecule has 0 amide bonds. The Morgan fingerprint density at radius 1 is 1.56 bits per heavy atom. The molecular formula is C12H19N3O3. The third-order valence-corrected chi connectivity index (χ3v) is 3.00. The van der Waals surface area contributed by atoms with E-state index >= 15 is 0 Å². The summed E-state index contributed by atoms with van der Waals surface area (Å²) >= 11 is 0. The van der Waals surface area contributed by atoms with Crippen LogP contribution in [-0.4, -0.2) is 38.7 Å². The summed E-state index contributed by atoms with van der Waals surface area (Å²) in [6.45, 7) is 2.59. The molecule has 1 aliphatic carbocycles. The minimum atomic E-state index is -0.812. The van der Waals surface area contributed by atoms with E-state index in [1.54, 1.807) is 0 Å². The summed E-state index contributed by atoms with van der Waals surface area (Å²) in [6.07, 6.45) is 5.08. The highest BCUT2D eigenvalue weighted by Crippen LogP contribution is 2.27. The van der Waals surface area contributed by atoms with E-state index in [-0.39, 0.29) is 6.54 Å². The molecule has 0 aromatic carbocycles. The van der Waals surface area contributed by atoms with Gasteiger partial charge in [-0.3, -0.25) is 9.69 Å². The number of aliphatic carboxylic acids is 1. The topological polar surface area (TPSA) is 79.5 Å². The van der Waals surface area contributed by atoms with Gasteiger partial charge in [0.05, 0.1) is 13.1 Å². The summed E-state index contributed by atoms with van der Waals surface area (Å²) in [5.41, 5.74) is 0. The molecule has 0 saturated heterocycles. The molecule has 1 N–H and O–H groups in total. The Labute approximate surface area is 106 Å². The smallest absolute Gasteiger partial charge is 0.317 e. The Morgan fingerprint density at radius 2 is 2.33 bits per heavy atom. The zero-order valence-corrected chi connectivity index (χ0v) is 10.6. The fourth-order valence-corrected chi connectivity index (χ4v) is 1.89. The van der Waals surface area contributed by atoms with Crippen molar-refractivity contribution in [2.24, 2.45) is 0 Å². The van der Waals surface area contributed by atoms with Gasteiger partial charge in [0.1, 0.15) is 0 Å². The van der Waals surface area contributed by atoms with Gasteiger partial charge in [-0.15, -0.1) is 0 Å². The van der Waals surface area contributed by atoms with Crippen LogP contribution in [0, 0.1) is 0 Å². The van der Waals surface area contributed by atoms with Crippen molar-refractivity contribution in [1.29, 1.82) is 0 Å². The summed E-state index contributed by atoms with van der Waals surface area (Å²) in [5, 5.41) is 12.8. The number of carboxylic acids is 1. The van der Waals surface area contributed by atoms with Crippen LogP contribution in [0.3, 0.4) is 0 Å². The maximum Gasteiger partial charge on any atom is 0.317 e. The van der Waals surface area contributed by atoms with Crippen LogP contribution in [0.5, 0.6) is 0 Å². The van der Waals surface area contributed by atoms with Crippen LogP contribution in [0.4, 0.5) is 0 Å². The second-order valence-corrected chi connectivity index (χ2v) is 4.74. The lowest BCUT2D eigenvalue weighted by Gasteiger charge is -2.16. The number of carboxylic acid groups (broad SMARTS) is 1. The van der Waals surface area contributed by atoms with Gasteiger partial charge < -0.3 is 9.63 Å². The molecule has 1 aromatic heterocycles. The number of aryl methyl sites for hydroxylation is 1. The zero-order chi connectivity index (χ0) is 13.0. The second kappa shape index (κ2) is 5.95. The molecule has 1 fully saturated rings. The lowest BCUT2D eigenvalue weighted by atomic mass is 10.2. The highest BCUT2D eigenvalue weighted by Gasteiger charge is 2.31. The predicted octanol–water partition coefficient (Wildman–Crippen LogP) is 1.46. The van der Waals surface area contributed by atoms with Crippen molar-refractivity contribution in [1.82, 2.24) is 15.0 Å². The standard InChI is InChI=1S/C12H19N3O3/c1-2-3-4-10-13-11(18-14-10)7-15(8-12(16)17)9-5-6-9/h9H,2-8H2,1H3,(H,16,17). The van der Waals surface area contributed by atoms with Gasteiger partial charge in [0.25, 0.3) is 0 Å². The molecule has 6 heteroatoms. The Hall–Kier alpha value is -1.43. The van der Waals surface area contributed by atoms with Gasteiger partial charge >= 0.3 is 5.97 Å². The summed E-state index contributed by atoms with van der Waals surface area (Å²) in [5.74, 6) is 0.430. The van der Waals surface area contributed by atoms with Crippen molar-refractivity contribution in [2.45, 2.75) is 51.6 Å². The van der Waals surface area contributed by atoms with E-state index in [4.69, 9.17) is 9.63 Å². The first-order valence-electron chi connectivity index (χ1n) is 6.46. The number of hydrogen-bond donors (Lipinski definition) is 1. The molecule has 6 nitrogen and oxygen atoms in total. The molecule has 0 atom stereocenters. The third-order valence-electron chi connectivity index (χ3n) is 3.00. The first-order valence-corrected chi connectivity index (χ1v) is 6.46. The van der Waals surface area contributed by atoms with Crippen molar-refractivity contribution < 1.29 is 14.4 Å². The summed E-state index contributed by atoms with van der Waals surface area (Å²) in [7, 11) is 0. The lowest BCUT2D eigenvalue weighted by Crippen LogP contribution is -2.31. The molecular weight excluding hydrogens is 234 g/mol. The van der Waals surface area contributed by atoms with Crippen molar-refractivity contribution in [3.05, 3.63) is 11.7 Å². The highest BCUT2D eigenvalue weighted by atomic mass is 16.5. The largest absolute Gasteiger partial charge is 0.480 e. The zero-order valence-electron chi connectivity index (χ0n) is 10.6. The maximum absolute atomic E-state index is 10.8. The van der Waals surface area contributed by atoms with E-state index in [0.717, 1.165) is 37.9 Å². The minimum Gasteiger partial charge on any atom is -0.480 e. The number of aromatic nitrogens is 2. The average Bonchev–Trinajstić information content (AvgIpc) is 3.07. The molecule has 1 saturated carbocycles. The minimum absolute atomic E-state index is 0.0390. The molecule has 0 bridgehead atoms. The molecule has 0 aliphatic heterocycles. The lowest BCUT2D eigenvalue weighted by molar-refractivity contribution is -0.138. The van der Waals surface area contributed by atoms with Crippen LogP contribution in [-0.2, 0) is 17.8 Å². The van der Waals surface area contributed by atoms with Crippen LogP contribution in [0.15, 0.2) is 4.52 Å². The maximum atomic E-state index is 10.8. The Kier molecular flexibility index (Phi) is 4.30. The van der Waals surface area contributed by atoms with Crippen LogP contribution < -0.4 is 0 Å². The van der Waals surface area contributed by atoms with E-state index in [1.807, 2.05) is 4.90 Å². The number of nitrogens with zero attached hydrogens (tertiary/aromatic N) is 3. The van der Waals surface area contributed by atoms with Gasteiger partial charge in [0, 0.05) is 12.5 Å². The SMILES string of the molecule is CCCCc1noc(CN(CC(=O)O)C2CC2)n1. The number of rotatable bonds is 8. The normalized spacial score (nSPS) is 15.2. The number of unbranched alkanes of at least 4 members (excludes halogenated alkanes) is 1. The molecule has 1 aliphatic rings. The third kappa shape index (κ3) is 3.80. The fourth-order valence-electron chi connectivity index (χ4n) is 1.89. The molecule has 18 heavy (non-hydrogen) atoms. The van der Waals surface area contributed by atoms with Crippen molar-refractivity contribution in [3.63, 3.8) is 0 Å². The van der Waals surface area contributed by atoms with Gasteiger partial charge in [0.15, 0.2) is 5.82 Å². The van der Waals surface area contributed by atoms with Gasteiger partial charge in [-0.1, -0.05) is 18.5 Å². The van der Waals surface area contributed by atoms with E-state index in [0.29, 0.717) is 18.5 Å². The molecule has 0 radical (unpaired) electrons. The molecule has 1 aromatic rings. The monoisotopic (exact) mass is 253 g/mol. The fraction of sp³-hybridized carbons (Fsp3) is 0.750. The molecule has 2 rings (SSSR count). The Bertz CT molecular complexity index is 401. The van der Waals surface area contributed by atoms with E-state index < -0.39 is 5.97 Å². The second-order valence-electron chi connectivity index (χ2n) is 4.74. The summed E-state index contributed by atoms with van der Waals surface area (Å²) < 4.78 is 5.16. The Balaban J connectivity index is 1.89. The quantitative estimate of drug-likeness (QED) is 0.755. The number of carbonyl (C=O) groups is 1. The van der Waals surface area contributed by atoms with E-state index in [1.165, 1.54) is 0 Å². The van der Waals surface area contributed by atoms with Crippen molar-refractivity contribution in [2.75, 3.05) is 6.54 Å². The van der Waals surface area contributed by atoms with Crippen LogP contribution >= 0.6 is 0 Å². The molecule has 1 heterocycles. The molecule has 0 unspecified atom stereocenters. The van der Waals surface area contributed by atoms with Crippen LogP contribution in [0.1, 0.15) is 44.3 Å². The van der Waals surface area contributed by atoms with Crippen LogP contribution in [0.2, 0.25) is 0 Å². The summed E-state index contributed by atoms with van der Waals surface area (Å²) in [6, 6.07) is 0.368. The van der Waals surface area contributed by atoms with Crippen molar-refractivity contribution >= 4 is 5.97 Å². The Morgan fingerprint density at radius 3 is 2.94 bits per heavy atom. The van der Waals surface area contributed by atoms with Gasteiger partial charge in [-0.25, -0.2) is 0 Å².